The molecule has 0 bridgehead atoms. The highest BCUT2D eigenvalue weighted by atomic mass is 32.7. The first-order valence-electron chi connectivity index (χ1n) is 12.9. The molecular formula is C21H24F2N8O10P2S2. The van der Waals surface area contributed by atoms with Gasteiger partial charge in [-0.05, 0) is 6.07 Å². The van der Waals surface area contributed by atoms with Crippen molar-refractivity contribution in [2.45, 2.75) is 49.2 Å². The number of ether oxygens (including phenoxy) is 2. The third kappa shape index (κ3) is 6.11. The van der Waals surface area contributed by atoms with Crippen LogP contribution in [0.5, 0.6) is 0 Å². The molecule has 18 nitrogen and oxygen atoms in total. The minimum Gasteiger partial charge on any atom is -0.394 e. The van der Waals surface area contributed by atoms with Crippen LogP contribution in [0.1, 0.15) is 12.5 Å². The molecule has 2 aliphatic heterocycles. The number of nitrogen functional groups attached to an aromatic ring is 1. The number of rotatable bonds is 10. The molecule has 4 aromatic rings. The maximum absolute atomic E-state index is 15.7. The monoisotopic (exact) mass is 712 g/mol. The van der Waals surface area contributed by atoms with E-state index in [0.717, 1.165) is 17.2 Å². The van der Waals surface area contributed by atoms with Crippen LogP contribution in [0.2, 0.25) is 0 Å². The van der Waals surface area contributed by atoms with Crippen molar-refractivity contribution in [3.8, 4) is 0 Å². The number of hydrogen-bond donors (Lipinski definition) is 6. The van der Waals surface area contributed by atoms with Crippen molar-refractivity contribution >= 4 is 66.7 Å². The van der Waals surface area contributed by atoms with Gasteiger partial charge in [-0.25, -0.2) is 23.3 Å². The van der Waals surface area contributed by atoms with Crippen LogP contribution in [-0.4, -0.2) is 89.1 Å². The number of aromatic nitrogens is 7. The van der Waals surface area contributed by atoms with Gasteiger partial charge in [0, 0.05) is 6.20 Å². The molecule has 2 fully saturated rings. The first-order chi connectivity index (χ1) is 21.4. The van der Waals surface area contributed by atoms with Crippen LogP contribution in [-0.2, 0) is 32.2 Å². The fourth-order valence-electron chi connectivity index (χ4n) is 5.16. The lowest BCUT2D eigenvalue weighted by molar-refractivity contribution is -0.0517. The molecule has 2 saturated heterocycles. The molecule has 0 radical (unpaired) electrons. The minimum atomic E-state index is -4.56. The summed E-state index contributed by atoms with van der Waals surface area (Å²) in [5.74, 6) is -0.277. The third-order valence-electron chi connectivity index (χ3n) is 7.12. The van der Waals surface area contributed by atoms with E-state index in [0.29, 0.717) is 0 Å². The summed E-state index contributed by atoms with van der Waals surface area (Å²) in [6.45, 7) is -6.08. The molecule has 45 heavy (non-hydrogen) atoms. The van der Waals surface area contributed by atoms with Gasteiger partial charge in [-0.3, -0.25) is 32.8 Å². The molecule has 5 N–H and O–H groups in total. The van der Waals surface area contributed by atoms with Crippen molar-refractivity contribution in [3.05, 3.63) is 45.6 Å². The zero-order valence-corrected chi connectivity index (χ0v) is 26.1. The van der Waals surface area contributed by atoms with E-state index in [1.165, 1.54) is 16.8 Å². The Bertz CT molecular complexity index is 1930. The third-order valence-corrected chi connectivity index (χ3v) is 9.52. The zero-order chi connectivity index (χ0) is 32.2. The summed E-state index contributed by atoms with van der Waals surface area (Å²) in [4.78, 5) is 41.0. The molecule has 0 aromatic carbocycles. The minimum absolute atomic E-state index is 0.0819. The van der Waals surface area contributed by atoms with E-state index in [9.17, 15) is 23.8 Å². The Morgan fingerprint density at radius 3 is 2.60 bits per heavy atom. The van der Waals surface area contributed by atoms with Gasteiger partial charge in [-0.2, -0.15) is 4.98 Å². The first-order valence-corrected chi connectivity index (χ1v) is 18.2. The molecule has 0 saturated carbocycles. The molecule has 244 valence electrons. The van der Waals surface area contributed by atoms with Gasteiger partial charge in [0.25, 0.3) is 11.1 Å². The number of aliphatic hydroxyl groups is 1. The Kier molecular flexibility index (Phi) is 8.98. The number of thiol groups is 2. The summed E-state index contributed by atoms with van der Waals surface area (Å²) in [7, 11) is -3.03. The van der Waals surface area contributed by atoms with Crippen molar-refractivity contribution in [1.29, 1.82) is 0 Å². The highest BCUT2D eigenvalue weighted by molar-refractivity contribution is 8.44. The molecule has 6 heterocycles. The van der Waals surface area contributed by atoms with Crippen LogP contribution in [0.15, 0.2) is 34.5 Å². The summed E-state index contributed by atoms with van der Waals surface area (Å²) in [5.41, 5.74) is 4.25. The topological polar surface area (TPSA) is 241 Å². The maximum Gasteiger partial charge on any atom is 0.386 e. The lowest BCUT2D eigenvalue weighted by Gasteiger charge is -2.25. The van der Waals surface area contributed by atoms with Gasteiger partial charge in [0.15, 0.2) is 36.0 Å². The number of H-pyrrole nitrogens is 2. The fraction of sp³-hybridized carbons (Fsp3) is 0.476. The number of imidazole rings is 1. The lowest BCUT2D eigenvalue weighted by atomic mass is 10.1. The number of hydrogen-bond acceptors (Lipinski definition) is 14. The summed E-state index contributed by atoms with van der Waals surface area (Å²) in [6, 6.07) is 1.39. The number of fused-ring (bicyclic) bond motifs is 2. The molecule has 0 spiro atoms. The van der Waals surface area contributed by atoms with Gasteiger partial charge in [0.1, 0.15) is 30.1 Å². The van der Waals surface area contributed by atoms with Crippen LogP contribution < -0.4 is 16.9 Å². The highest BCUT2D eigenvalue weighted by Crippen LogP contribution is 2.57. The van der Waals surface area contributed by atoms with E-state index in [1.807, 2.05) is 0 Å². The molecule has 0 amide bonds. The van der Waals surface area contributed by atoms with Gasteiger partial charge in [0.05, 0.1) is 31.3 Å². The van der Waals surface area contributed by atoms with Gasteiger partial charge in [-0.15, -0.1) is 0 Å². The molecule has 6 rings (SSSR count). The van der Waals surface area contributed by atoms with Crippen molar-refractivity contribution in [1.82, 2.24) is 34.1 Å². The predicted octanol–water partition coefficient (Wildman–Crippen LogP) is 1.05. The van der Waals surface area contributed by atoms with Crippen LogP contribution in [0.4, 0.5) is 14.7 Å². The summed E-state index contributed by atoms with van der Waals surface area (Å²) >= 11 is 7.66. The van der Waals surface area contributed by atoms with E-state index < -0.39 is 87.6 Å². The first kappa shape index (κ1) is 32.3. The quantitative estimate of drug-likeness (QED) is 0.0995. The summed E-state index contributed by atoms with van der Waals surface area (Å²) < 4.78 is 86.0. The number of nitrogens with zero attached hydrogens (tertiary/aromatic N) is 5. The normalized spacial score (nSPS) is 30.7. The van der Waals surface area contributed by atoms with E-state index in [-0.39, 0.29) is 28.1 Å². The maximum atomic E-state index is 15.7. The van der Waals surface area contributed by atoms with Crippen molar-refractivity contribution in [3.63, 3.8) is 0 Å². The van der Waals surface area contributed by atoms with Crippen LogP contribution in [0.25, 0.3) is 22.2 Å². The molecule has 2 unspecified atom stereocenters. The second-order valence-electron chi connectivity index (χ2n) is 9.85. The number of aromatic amines is 2. The lowest BCUT2D eigenvalue weighted by Crippen LogP contribution is -2.33. The average molecular weight is 713 g/mol. The second-order valence-corrected chi connectivity index (χ2v) is 14.6. The Balaban J connectivity index is 1.23. The standard InChI is InChI=1S/C21H24F2N8O10P2S2/c22-10-8(3-32)38-20(31-6-27-12-16(31)28-21(24)29-18(12)34)14(10)41-43(36,45)37-4-9-13(40-42(35)44)11(23)19(39-9)30-2-1-7-15(30)25-5-26-17(7)33/h1-2,5-6,8-11,13-14,19-20,32,42H,3-4H2,(H,35,44)(H,36,45)(H,25,26,33)(H3,24,28,29,34)/t8-,9-,10-,11+,13-,14-,19-,20-,43?/m1/s1. The van der Waals surface area contributed by atoms with Crippen molar-refractivity contribution in [2.24, 2.45) is 0 Å². The van der Waals surface area contributed by atoms with Crippen LogP contribution in [0, 0.1) is 0 Å². The Labute approximate surface area is 260 Å². The number of halogens is 2. The Morgan fingerprint density at radius 1 is 1.11 bits per heavy atom. The van der Waals surface area contributed by atoms with Crippen LogP contribution in [0.3, 0.4) is 0 Å². The van der Waals surface area contributed by atoms with E-state index in [2.05, 4.69) is 49.4 Å². The van der Waals surface area contributed by atoms with Gasteiger partial charge in [-0.1, -0.05) is 24.5 Å². The van der Waals surface area contributed by atoms with Crippen molar-refractivity contribution in [2.75, 3.05) is 18.9 Å². The highest BCUT2D eigenvalue weighted by Gasteiger charge is 2.52. The number of nitrogens with one attached hydrogen (secondary N) is 2. The van der Waals surface area contributed by atoms with E-state index in [4.69, 9.17) is 28.8 Å². The van der Waals surface area contributed by atoms with Gasteiger partial charge < -0.3 is 34.4 Å². The Hall–Kier alpha value is -2.65. The van der Waals surface area contributed by atoms with Crippen molar-refractivity contribution < 1.29 is 46.1 Å². The SMILES string of the molecule is Nc1nc2c(ncn2[C@@H]2O[C@H](CO)[C@@H](F)[C@H]2OP(=O)(S)OC[C@H]2O[C@@H](n3ccc4c(=O)[nH]cnc43)[C@@H](F)[C@@H]2O[PH](=O)S)c(=O)[nH]1. The summed E-state index contributed by atoms with van der Waals surface area (Å²) in [5, 5.41) is 9.79. The number of anilines is 1. The molecular weight excluding hydrogens is 688 g/mol. The van der Waals surface area contributed by atoms with Crippen LogP contribution >= 0.6 is 38.5 Å². The van der Waals surface area contributed by atoms with E-state index >= 15 is 8.78 Å². The molecule has 0 aliphatic carbocycles. The smallest absolute Gasteiger partial charge is 0.386 e. The average Bonchev–Trinajstić information content (AvgIpc) is 3.73. The largest absolute Gasteiger partial charge is 0.394 e. The second kappa shape index (κ2) is 12.5. The fourth-order valence-corrected chi connectivity index (χ4v) is 7.49. The molecule has 10 atom stereocenters. The molecule has 24 heteroatoms. The van der Waals surface area contributed by atoms with Gasteiger partial charge >= 0.3 is 6.80 Å². The predicted molar refractivity (Wildman–Crippen MR) is 158 cm³/mol. The van der Waals surface area contributed by atoms with E-state index in [1.54, 1.807) is 0 Å². The zero-order valence-electron chi connectivity index (χ0n) is 22.4. The number of alkyl halides is 2. The van der Waals surface area contributed by atoms with Gasteiger partial charge in [0.2, 0.25) is 13.2 Å². The molecule has 2 aliphatic rings. The number of nitrogens with two attached hydrogens (primary N) is 1. The Morgan fingerprint density at radius 2 is 1.87 bits per heavy atom. The summed E-state index contributed by atoms with van der Waals surface area (Å²) in [6.07, 6.45) is -9.61. The molecule has 4 aromatic heterocycles. The number of aliphatic hydroxyl groups excluding tert-OH is 1.